The van der Waals surface area contributed by atoms with Gasteiger partial charge in [0.15, 0.2) is 0 Å². The number of nitrogens with zero attached hydrogens (tertiary/aromatic N) is 7. The van der Waals surface area contributed by atoms with Gasteiger partial charge in [0.05, 0.1) is 35.6 Å². The summed E-state index contributed by atoms with van der Waals surface area (Å²) in [5, 5.41) is 5.26. The summed E-state index contributed by atoms with van der Waals surface area (Å²) in [7, 11) is 1.73. The van der Waals surface area contributed by atoms with Crippen molar-refractivity contribution >= 4 is 11.8 Å². The second-order valence-corrected chi connectivity index (χ2v) is 13.5. The zero-order valence-corrected chi connectivity index (χ0v) is 29.5. The van der Waals surface area contributed by atoms with Crippen LogP contribution in [0.1, 0.15) is 89.5 Å². The number of aryl methyl sites for hydroxylation is 1. The predicted octanol–water partition coefficient (Wildman–Crippen LogP) is 7.71. The van der Waals surface area contributed by atoms with E-state index in [1.807, 2.05) is 67.7 Å². The fourth-order valence-electron chi connectivity index (χ4n) is 6.12. The molecule has 0 radical (unpaired) electrons. The number of methoxy groups -OCH3 is 1. The Bertz CT molecular complexity index is 1670. The number of ether oxygens (including phenoxy) is 1. The monoisotopic (exact) mass is 649 g/mol. The Balaban J connectivity index is 1.33. The standard InChI is InChI=1S/C38H47N7OS/c1-26(2)35-19-34(43-45(35)36(25-47-7)37-29(5)38(46-6)28(4)20-42-37)27(3)18-30-14-15-33(41-21-30)24-44(22-31-12-8-10-16-39-31)23-32-13-9-11-17-40-32/h8-17,19-21,26-27,36H,18,22-25H2,1-7H3. The fourth-order valence-corrected chi connectivity index (χ4v) is 6.74. The van der Waals surface area contributed by atoms with Crippen LogP contribution in [0, 0.1) is 13.8 Å². The maximum Gasteiger partial charge on any atom is 0.128 e. The molecule has 0 fully saturated rings. The number of pyridine rings is 4. The summed E-state index contributed by atoms with van der Waals surface area (Å²) in [5.74, 6) is 2.32. The van der Waals surface area contributed by atoms with Crippen molar-refractivity contribution in [3.8, 4) is 5.75 Å². The van der Waals surface area contributed by atoms with Crippen molar-refractivity contribution in [2.45, 2.75) is 78.6 Å². The van der Waals surface area contributed by atoms with E-state index in [9.17, 15) is 0 Å². The van der Waals surface area contributed by atoms with E-state index in [2.05, 4.69) is 83.8 Å². The molecule has 0 aromatic carbocycles. The van der Waals surface area contributed by atoms with Crippen LogP contribution >= 0.6 is 11.8 Å². The van der Waals surface area contributed by atoms with Crippen LogP contribution in [0.25, 0.3) is 0 Å². The molecule has 5 aromatic rings. The normalized spacial score (nSPS) is 12.9. The zero-order valence-electron chi connectivity index (χ0n) is 28.7. The highest BCUT2D eigenvalue weighted by molar-refractivity contribution is 7.98. The summed E-state index contributed by atoms with van der Waals surface area (Å²) >= 11 is 1.81. The first-order valence-electron chi connectivity index (χ1n) is 16.3. The van der Waals surface area contributed by atoms with E-state index >= 15 is 0 Å². The maximum absolute atomic E-state index is 5.76. The summed E-state index contributed by atoms with van der Waals surface area (Å²) < 4.78 is 7.98. The van der Waals surface area contributed by atoms with Crippen LogP contribution in [0.15, 0.2) is 79.4 Å². The number of hydrogen-bond acceptors (Lipinski definition) is 8. The first-order chi connectivity index (χ1) is 22.8. The van der Waals surface area contributed by atoms with Crippen molar-refractivity contribution in [3.05, 3.63) is 130 Å². The molecule has 0 saturated carbocycles. The predicted molar refractivity (Wildman–Crippen MR) is 191 cm³/mol. The van der Waals surface area contributed by atoms with Crippen LogP contribution in [-0.2, 0) is 26.1 Å². The number of thioether (sulfide) groups is 1. The molecule has 47 heavy (non-hydrogen) atoms. The highest BCUT2D eigenvalue weighted by Crippen LogP contribution is 2.34. The van der Waals surface area contributed by atoms with E-state index in [4.69, 9.17) is 19.8 Å². The molecule has 0 saturated heterocycles. The van der Waals surface area contributed by atoms with Crippen LogP contribution in [0.3, 0.4) is 0 Å². The van der Waals surface area contributed by atoms with Crippen molar-refractivity contribution in [2.24, 2.45) is 0 Å². The van der Waals surface area contributed by atoms with Gasteiger partial charge in [-0.05, 0) is 74.4 Å². The van der Waals surface area contributed by atoms with E-state index in [0.717, 1.165) is 70.6 Å². The van der Waals surface area contributed by atoms with E-state index in [-0.39, 0.29) is 12.0 Å². The average Bonchev–Trinajstić information content (AvgIpc) is 3.52. The first-order valence-corrected chi connectivity index (χ1v) is 17.7. The largest absolute Gasteiger partial charge is 0.496 e. The lowest BCUT2D eigenvalue weighted by molar-refractivity contribution is 0.239. The molecule has 2 unspecified atom stereocenters. The SMILES string of the molecule is COc1c(C)cnc(C(CSC)n2nc(C(C)Cc3ccc(CN(Cc4ccccn4)Cc4ccccn4)nc3)cc2C(C)C)c1C. The van der Waals surface area contributed by atoms with Crippen LogP contribution in [-0.4, -0.2) is 53.7 Å². The van der Waals surface area contributed by atoms with E-state index < -0.39 is 0 Å². The van der Waals surface area contributed by atoms with Gasteiger partial charge in [0.1, 0.15) is 11.8 Å². The molecular formula is C38H47N7OS. The summed E-state index contributed by atoms with van der Waals surface area (Å²) in [6, 6.07) is 18.7. The maximum atomic E-state index is 5.76. The van der Waals surface area contributed by atoms with Gasteiger partial charge in [-0.15, -0.1) is 0 Å². The molecule has 5 aromatic heterocycles. The van der Waals surface area contributed by atoms with Gasteiger partial charge in [-0.3, -0.25) is 29.5 Å². The molecule has 0 amide bonds. The van der Waals surface area contributed by atoms with Gasteiger partial charge < -0.3 is 4.74 Å². The van der Waals surface area contributed by atoms with Crippen LogP contribution in [0.4, 0.5) is 0 Å². The molecule has 5 rings (SSSR count). The lowest BCUT2D eigenvalue weighted by Crippen LogP contribution is -2.24. The molecule has 0 spiro atoms. The summed E-state index contributed by atoms with van der Waals surface area (Å²) in [5.41, 5.74) is 9.74. The molecule has 246 valence electrons. The molecule has 8 nitrogen and oxygen atoms in total. The molecule has 0 bridgehead atoms. The molecule has 5 heterocycles. The summed E-state index contributed by atoms with van der Waals surface area (Å²) in [4.78, 5) is 21.2. The lowest BCUT2D eigenvalue weighted by atomic mass is 9.98. The van der Waals surface area contributed by atoms with Crippen LogP contribution in [0.5, 0.6) is 5.75 Å². The van der Waals surface area contributed by atoms with Gasteiger partial charge in [0, 0.05) is 72.9 Å². The Hall–Kier alpha value is -4.08. The van der Waals surface area contributed by atoms with Gasteiger partial charge >= 0.3 is 0 Å². The third-order valence-electron chi connectivity index (χ3n) is 8.54. The molecular weight excluding hydrogens is 603 g/mol. The minimum absolute atomic E-state index is 0.0129. The minimum atomic E-state index is 0.0129. The lowest BCUT2D eigenvalue weighted by Gasteiger charge is -2.23. The Kier molecular flexibility index (Phi) is 11.8. The van der Waals surface area contributed by atoms with E-state index in [1.54, 1.807) is 7.11 Å². The molecule has 9 heteroatoms. The second-order valence-electron chi connectivity index (χ2n) is 12.6. The highest BCUT2D eigenvalue weighted by Gasteiger charge is 2.26. The topological polar surface area (TPSA) is 81.9 Å². The Labute approximate surface area is 284 Å². The van der Waals surface area contributed by atoms with Crippen molar-refractivity contribution in [1.82, 2.24) is 34.6 Å². The highest BCUT2D eigenvalue weighted by atomic mass is 32.2. The smallest absolute Gasteiger partial charge is 0.128 e. The number of hydrogen-bond donors (Lipinski definition) is 0. The second kappa shape index (κ2) is 16.2. The molecule has 0 aliphatic heterocycles. The molecule has 2 atom stereocenters. The fraction of sp³-hybridized carbons (Fsp3) is 0.395. The van der Waals surface area contributed by atoms with Gasteiger partial charge in [0.25, 0.3) is 0 Å². The number of aromatic nitrogens is 6. The summed E-state index contributed by atoms with van der Waals surface area (Å²) in [6.45, 7) is 13.0. The Morgan fingerprint density at radius 2 is 1.49 bits per heavy atom. The van der Waals surface area contributed by atoms with Crippen LogP contribution < -0.4 is 4.74 Å². The van der Waals surface area contributed by atoms with Crippen molar-refractivity contribution in [2.75, 3.05) is 19.1 Å². The summed E-state index contributed by atoms with van der Waals surface area (Å²) in [6.07, 6.45) is 10.6. The average molecular weight is 650 g/mol. The third kappa shape index (κ3) is 8.64. The first kappa shape index (κ1) is 34.3. The van der Waals surface area contributed by atoms with E-state index in [1.165, 1.54) is 11.3 Å². The zero-order chi connectivity index (χ0) is 33.3. The Morgan fingerprint density at radius 3 is 2.02 bits per heavy atom. The number of rotatable bonds is 15. The van der Waals surface area contributed by atoms with Crippen molar-refractivity contribution in [3.63, 3.8) is 0 Å². The third-order valence-corrected chi connectivity index (χ3v) is 9.19. The van der Waals surface area contributed by atoms with Gasteiger partial charge in [0.2, 0.25) is 0 Å². The van der Waals surface area contributed by atoms with Crippen molar-refractivity contribution in [1.29, 1.82) is 0 Å². The van der Waals surface area contributed by atoms with Gasteiger partial charge in [-0.25, -0.2) is 0 Å². The quantitative estimate of drug-likeness (QED) is 0.114. The molecule has 0 N–H and O–H groups in total. The van der Waals surface area contributed by atoms with Crippen molar-refractivity contribution < 1.29 is 4.74 Å². The molecule has 0 aliphatic carbocycles. The minimum Gasteiger partial charge on any atom is -0.496 e. The van der Waals surface area contributed by atoms with Gasteiger partial charge in [-0.1, -0.05) is 39.0 Å². The van der Waals surface area contributed by atoms with E-state index in [0.29, 0.717) is 12.5 Å². The van der Waals surface area contributed by atoms with Gasteiger partial charge in [-0.2, -0.15) is 16.9 Å². The molecule has 0 aliphatic rings. The van der Waals surface area contributed by atoms with Crippen LogP contribution in [0.2, 0.25) is 0 Å². The Morgan fingerprint density at radius 1 is 0.830 bits per heavy atom.